The van der Waals surface area contributed by atoms with Gasteiger partial charge in [-0.1, -0.05) is 23.7 Å². The topological polar surface area (TPSA) is 75.7 Å². The summed E-state index contributed by atoms with van der Waals surface area (Å²) in [5.41, 5.74) is 0.362. The van der Waals surface area contributed by atoms with Gasteiger partial charge < -0.3 is 15.0 Å². The molecule has 7 heteroatoms. The number of rotatable bonds is 8. The molecule has 0 bridgehead atoms. The number of halogens is 1. The third-order valence-electron chi connectivity index (χ3n) is 3.04. The Kier molecular flexibility index (Phi) is 8.11. The molecule has 6 nitrogen and oxygen atoms in total. The van der Waals surface area contributed by atoms with Crippen molar-refractivity contribution in [2.24, 2.45) is 0 Å². The van der Waals surface area contributed by atoms with E-state index in [2.05, 4.69) is 5.32 Å². The van der Waals surface area contributed by atoms with Gasteiger partial charge in [-0.3, -0.25) is 14.4 Å². The summed E-state index contributed by atoms with van der Waals surface area (Å²) in [6.45, 7) is 4.20. The number of hydrogen-bond acceptors (Lipinski definition) is 4. The maximum atomic E-state index is 12.6. The Labute approximate surface area is 140 Å². The third-order valence-corrected chi connectivity index (χ3v) is 3.37. The molecule has 2 amide bonds. The summed E-state index contributed by atoms with van der Waals surface area (Å²) in [5, 5.41) is 2.97. The van der Waals surface area contributed by atoms with Gasteiger partial charge in [-0.15, -0.1) is 0 Å². The molecule has 0 spiro atoms. The van der Waals surface area contributed by atoms with E-state index in [-0.39, 0.29) is 37.3 Å². The SMILES string of the molecule is CCOC(=O)CCN(CCNC(C)=O)C(=O)c1ccccc1Cl. The highest BCUT2D eigenvalue weighted by atomic mass is 35.5. The molecule has 0 aliphatic rings. The fourth-order valence-electron chi connectivity index (χ4n) is 1.95. The molecule has 0 saturated heterocycles. The molecule has 1 rings (SSSR count). The van der Waals surface area contributed by atoms with Crippen LogP contribution in [0.4, 0.5) is 0 Å². The first-order valence-electron chi connectivity index (χ1n) is 7.39. The van der Waals surface area contributed by atoms with Gasteiger partial charge in [-0.05, 0) is 19.1 Å². The van der Waals surface area contributed by atoms with Crippen molar-refractivity contribution in [3.05, 3.63) is 34.9 Å². The summed E-state index contributed by atoms with van der Waals surface area (Å²) in [6.07, 6.45) is 0.0874. The zero-order valence-corrected chi connectivity index (χ0v) is 14.1. The average Bonchev–Trinajstić information content (AvgIpc) is 2.50. The van der Waals surface area contributed by atoms with Gasteiger partial charge in [0.05, 0.1) is 23.6 Å². The van der Waals surface area contributed by atoms with E-state index in [0.717, 1.165) is 0 Å². The second kappa shape index (κ2) is 9.84. The molecule has 1 N–H and O–H groups in total. The zero-order chi connectivity index (χ0) is 17.2. The van der Waals surface area contributed by atoms with E-state index < -0.39 is 0 Å². The molecule has 0 saturated carbocycles. The van der Waals surface area contributed by atoms with Crippen molar-refractivity contribution >= 4 is 29.4 Å². The summed E-state index contributed by atoms with van der Waals surface area (Å²) >= 11 is 6.05. The number of nitrogens with one attached hydrogen (secondary N) is 1. The number of nitrogens with zero attached hydrogens (tertiary/aromatic N) is 1. The van der Waals surface area contributed by atoms with E-state index in [1.807, 2.05) is 0 Å². The zero-order valence-electron chi connectivity index (χ0n) is 13.3. The van der Waals surface area contributed by atoms with Crippen molar-refractivity contribution in [1.29, 1.82) is 0 Å². The van der Waals surface area contributed by atoms with E-state index in [1.165, 1.54) is 11.8 Å². The van der Waals surface area contributed by atoms with Crippen molar-refractivity contribution in [3.63, 3.8) is 0 Å². The fourth-order valence-corrected chi connectivity index (χ4v) is 2.16. The maximum absolute atomic E-state index is 12.6. The quantitative estimate of drug-likeness (QED) is 0.733. The van der Waals surface area contributed by atoms with Gasteiger partial charge in [0, 0.05) is 26.6 Å². The largest absolute Gasteiger partial charge is 0.466 e. The normalized spacial score (nSPS) is 10.0. The predicted octanol–water partition coefficient (Wildman–Crippen LogP) is 1.87. The van der Waals surface area contributed by atoms with Gasteiger partial charge in [0.15, 0.2) is 0 Å². The summed E-state index contributed by atoms with van der Waals surface area (Å²) in [4.78, 5) is 36.5. The minimum absolute atomic E-state index is 0.0874. The van der Waals surface area contributed by atoms with Crippen molar-refractivity contribution in [3.8, 4) is 0 Å². The monoisotopic (exact) mass is 340 g/mol. The van der Waals surface area contributed by atoms with E-state index in [0.29, 0.717) is 23.7 Å². The van der Waals surface area contributed by atoms with Gasteiger partial charge in [-0.2, -0.15) is 0 Å². The highest BCUT2D eigenvalue weighted by molar-refractivity contribution is 6.33. The highest BCUT2D eigenvalue weighted by Gasteiger charge is 2.19. The molecular formula is C16H21ClN2O4. The van der Waals surface area contributed by atoms with E-state index >= 15 is 0 Å². The molecule has 1 aromatic carbocycles. The number of benzene rings is 1. The van der Waals surface area contributed by atoms with Crippen LogP contribution in [0.2, 0.25) is 5.02 Å². The summed E-state index contributed by atoms with van der Waals surface area (Å²) < 4.78 is 4.87. The van der Waals surface area contributed by atoms with Crippen LogP contribution in [0, 0.1) is 0 Å². The van der Waals surface area contributed by atoms with E-state index in [4.69, 9.17) is 16.3 Å². The number of amides is 2. The Morgan fingerprint density at radius 1 is 1.22 bits per heavy atom. The fraction of sp³-hybridized carbons (Fsp3) is 0.438. The van der Waals surface area contributed by atoms with E-state index in [1.54, 1.807) is 31.2 Å². The second-order valence-corrected chi connectivity index (χ2v) is 5.22. The summed E-state index contributed by atoms with van der Waals surface area (Å²) in [5.74, 6) is -0.838. The Hall–Kier alpha value is -2.08. The van der Waals surface area contributed by atoms with Gasteiger partial charge in [0.1, 0.15) is 0 Å². The first kappa shape index (κ1) is 19.0. The molecule has 0 aromatic heterocycles. The van der Waals surface area contributed by atoms with Crippen LogP contribution in [0.3, 0.4) is 0 Å². The molecule has 0 atom stereocenters. The van der Waals surface area contributed by atoms with Crippen molar-refractivity contribution in [2.45, 2.75) is 20.3 Å². The van der Waals surface area contributed by atoms with E-state index in [9.17, 15) is 14.4 Å². The molecule has 0 heterocycles. The molecule has 0 aliphatic carbocycles. The Balaban J connectivity index is 2.76. The van der Waals surface area contributed by atoms with Crippen molar-refractivity contribution < 1.29 is 19.1 Å². The molecule has 126 valence electrons. The first-order chi connectivity index (χ1) is 11.0. The van der Waals surface area contributed by atoms with Crippen LogP contribution in [0.1, 0.15) is 30.6 Å². The molecule has 0 fully saturated rings. The minimum Gasteiger partial charge on any atom is -0.466 e. The van der Waals surface area contributed by atoms with Crippen LogP contribution in [0.15, 0.2) is 24.3 Å². The summed E-state index contributed by atoms with van der Waals surface area (Å²) in [6, 6.07) is 6.71. The molecule has 0 aliphatic heterocycles. The lowest BCUT2D eigenvalue weighted by atomic mass is 10.2. The average molecular weight is 341 g/mol. The molecule has 23 heavy (non-hydrogen) atoms. The third kappa shape index (κ3) is 6.69. The summed E-state index contributed by atoms with van der Waals surface area (Å²) in [7, 11) is 0. The number of carbonyl (C=O) groups excluding carboxylic acids is 3. The second-order valence-electron chi connectivity index (χ2n) is 4.81. The molecule has 1 aromatic rings. The van der Waals surface area contributed by atoms with Crippen LogP contribution < -0.4 is 5.32 Å². The van der Waals surface area contributed by atoms with Gasteiger partial charge >= 0.3 is 5.97 Å². The predicted molar refractivity (Wildman–Crippen MR) is 87.3 cm³/mol. The molecular weight excluding hydrogens is 320 g/mol. The van der Waals surface area contributed by atoms with Crippen LogP contribution in [0.5, 0.6) is 0 Å². The van der Waals surface area contributed by atoms with Crippen molar-refractivity contribution in [2.75, 3.05) is 26.2 Å². The molecule has 0 radical (unpaired) electrons. The number of carbonyl (C=O) groups is 3. The van der Waals surface area contributed by atoms with Crippen LogP contribution in [0.25, 0.3) is 0 Å². The Morgan fingerprint density at radius 3 is 2.52 bits per heavy atom. The van der Waals surface area contributed by atoms with Crippen molar-refractivity contribution in [1.82, 2.24) is 10.2 Å². The van der Waals surface area contributed by atoms with Gasteiger partial charge in [-0.25, -0.2) is 0 Å². The van der Waals surface area contributed by atoms with Crippen LogP contribution in [-0.4, -0.2) is 48.9 Å². The van der Waals surface area contributed by atoms with Crippen LogP contribution in [-0.2, 0) is 14.3 Å². The lowest BCUT2D eigenvalue weighted by Crippen LogP contribution is -2.39. The minimum atomic E-state index is -0.371. The number of esters is 1. The first-order valence-corrected chi connectivity index (χ1v) is 7.77. The number of ether oxygens (including phenoxy) is 1. The maximum Gasteiger partial charge on any atom is 0.307 e. The lowest BCUT2D eigenvalue weighted by molar-refractivity contribution is -0.143. The standard InChI is InChI=1S/C16H21ClN2O4/c1-3-23-15(21)8-10-19(11-9-18-12(2)20)16(22)13-6-4-5-7-14(13)17/h4-7H,3,8-11H2,1-2H3,(H,18,20). The lowest BCUT2D eigenvalue weighted by Gasteiger charge is -2.23. The molecule has 0 unspecified atom stereocenters. The Bertz CT molecular complexity index is 563. The highest BCUT2D eigenvalue weighted by Crippen LogP contribution is 2.17. The van der Waals surface area contributed by atoms with Gasteiger partial charge in [0.25, 0.3) is 5.91 Å². The number of hydrogen-bond donors (Lipinski definition) is 1. The Morgan fingerprint density at radius 2 is 1.91 bits per heavy atom. The smallest absolute Gasteiger partial charge is 0.307 e. The van der Waals surface area contributed by atoms with Crippen LogP contribution >= 0.6 is 11.6 Å². The van der Waals surface area contributed by atoms with Gasteiger partial charge in [0.2, 0.25) is 5.91 Å².